The molecule has 16 heavy (non-hydrogen) atoms. The van der Waals surface area contributed by atoms with E-state index in [9.17, 15) is 0 Å². The van der Waals surface area contributed by atoms with Crippen molar-refractivity contribution in [2.75, 3.05) is 32.2 Å². The number of methoxy groups -OCH3 is 1. The van der Waals surface area contributed by atoms with Gasteiger partial charge in [0.05, 0.1) is 6.61 Å². The number of nitrogens with one attached hydrogen (secondary N) is 1. The fraction of sp³-hybridized carbons (Fsp3) is 0.600. The molecule has 1 unspecified atom stereocenters. The van der Waals surface area contributed by atoms with Crippen molar-refractivity contribution >= 4 is 21.7 Å². The Kier molecular flexibility index (Phi) is 3.73. The Bertz CT molecular complexity index is 356. The van der Waals surface area contributed by atoms with E-state index in [1.165, 1.54) is 6.33 Å². The number of hydrogen-bond donors (Lipinski definition) is 1. The number of aromatic nitrogens is 2. The maximum Gasteiger partial charge on any atom is 0.130 e. The third kappa shape index (κ3) is 2.69. The van der Waals surface area contributed by atoms with E-state index in [1.807, 2.05) is 6.07 Å². The van der Waals surface area contributed by atoms with Crippen LogP contribution in [-0.4, -0.2) is 42.4 Å². The molecule has 0 bridgehead atoms. The molecular weight excluding hydrogens is 274 g/mol. The van der Waals surface area contributed by atoms with Gasteiger partial charge in [-0.1, -0.05) is 0 Å². The van der Waals surface area contributed by atoms with Gasteiger partial charge in [-0.05, 0) is 15.9 Å². The fourth-order valence-corrected chi connectivity index (χ4v) is 1.95. The van der Waals surface area contributed by atoms with Crippen molar-refractivity contribution in [2.45, 2.75) is 12.0 Å². The number of nitrogens with zero attached hydrogens (tertiary/aromatic N) is 2. The normalized spacial score (nSPS) is 24.6. The minimum absolute atomic E-state index is 0.225. The average molecular weight is 288 g/mol. The van der Waals surface area contributed by atoms with Crippen LogP contribution in [0.1, 0.15) is 6.42 Å². The van der Waals surface area contributed by atoms with E-state index in [4.69, 9.17) is 9.47 Å². The Hall–Kier alpha value is -0.720. The maximum absolute atomic E-state index is 5.51. The van der Waals surface area contributed by atoms with Crippen molar-refractivity contribution in [3.63, 3.8) is 0 Å². The zero-order valence-corrected chi connectivity index (χ0v) is 10.7. The van der Waals surface area contributed by atoms with Crippen LogP contribution in [0.5, 0.6) is 0 Å². The van der Waals surface area contributed by atoms with Crippen molar-refractivity contribution in [1.82, 2.24) is 9.97 Å². The van der Waals surface area contributed by atoms with Crippen molar-refractivity contribution in [3.8, 4) is 0 Å². The van der Waals surface area contributed by atoms with Crippen LogP contribution in [0.25, 0.3) is 0 Å². The Balaban J connectivity index is 1.95. The molecule has 1 atom stereocenters. The second kappa shape index (κ2) is 5.07. The summed E-state index contributed by atoms with van der Waals surface area (Å²) in [4.78, 5) is 8.08. The van der Waals surface area contributed by atoms with E-state index < -0.39 is 0 Å². The topological polar surface area (TPSA) is 56.3 Å². The number of anilines is 1. The third-order valence-electron chi connectivity index (χ3n) is 2.73. The van der Waals surface area contributed by atoms with Crippen molar-refractivity contribution < 1.29 is 9.47 Å². The Morgan fingerprint density at radius 2 is 2.50 bits per heavy atom. The summed E-state index contributed by atoms with van der Waals surface area (Å²) < 4.78 is 11.6. The number of rotatable bonds is 4. The van der Waals surface area contributed by atoms with Gasteiger partial charge in [0, 0.05) is 32.7 Å². The molecule has 1 aromatic rings. The second-order valence-electron chi connectivity index (χ2n) is 3.77. The van der Waals surface area contributed by atoms with Crippen LogP contribution >= 0.6 is 15.9 Å². The lowest BCUT2D eigenvalue weighted by Crippen LogP contribution is -2.39. The van der Waals surface area contributed by atoms with Gasteiger partial charge in [-0.3, -0.25) is 0 Å². The highest BCUT2D eigenvalue weighted by Crippen LogP contribution is 2.23. The van der Waals surface area contributed by atoms with Gasteiger partial charge in [0.15, 0.2) is 0 Å². The van der Waals surface area contributed by atoms with Crippen LogP contribution in [0, 0.1) is 0 Å². The molecule has 0 radical (unpaired) electrons. The molecule has 1 saturated heterocycles. The highest BCUT2D eigenvalue weighted by molar-refractivity contribution is 9.10. The van der Waals surface area contributed by atoms with Crippen LogP contribution in [0.15, 0.2) is 17.0 Å². The molecule has 1 aromatic heterocycles. The Labute approximate surface area is 103 Å². The van der Waals surface area contributed by atoms with Gasteiger partial charge < -0.3 is 14.8 Å². The van der Waals surface area contributed by atoms with Crippen LogP contribution in [0.2, 0.25) is 0 Å². The molecule has 88 valence electrons. The summed E-state index contributed by atoms with van der Waals surface area (Å²) in [6.07, 6.45) is 2.42. The van der Waals surface area contributed by atoms with Crippen molar-refractivity contribution in [1.29, 1.82) is 0 Å². The summed E-state index contributed by atoms with van der Waals surface area (Å²) in [5, 5.41) is 3.23. The van der Waals surface area contributed by atoms with Crippen LogP contribution in [-0.2, 0) is 9.47 Å². The van der Waals surface area contributed by atoms with Crippen molar-refractivity contribution in [2.24, 2.45) is 0 Å². The molecule has 5 nitrogen and oxygen atoms in total. The minimum atomic E-state index is -0.225. The van der Waals surface area contributed by atoms with Gasteiger partial charge in [0.1, 0.15) is 22.3 Å². The van der Waals surface area contributed by atoms with Crippen LogP contribution < -0.4 is 5.32 Å². The summed E-state index contributed by atoms with van der Waals surface area (Å²) >= 11 is 3.30. The maximum atomic E-state index is 5.51. The largest absolute Gasteiger partial charge is 0.378 e. The lowest BCUT2D eigenvalue weighted by atomic mass is 10.0. The van der Waals surface area contributed by atoms with E-state index in [0.29, 0.717) is 13.2 Å². The Morgan fingerprint density at radius 3 is 3.12 bits per heavy atom. The zero-order valence-electron chi connectivity index (χ0n) is 9.07. The first-order chi connectivity index (χ1) is 7.74. The summed E-state index contributed by atoms with van der Waals surface area (Å²) in [6.45, 7) is 2.07. The predicted molar refractivity (Wildman–Crippen MR) is 63.4 cm³/mol. The lowest BCUT2D eigenvalue weighted by Gasteiger charge is -2.26. The zero-order chi connectivity index (χ0) is 11.4. The highest BCUT2D eigenvalue weighted by Gasteiger charge is 2.34. The summed E-state index contributed by atoms with van der Waals surface area (Å²) in [7, 11) is 1.71. The summed E-state index contributed by atoms with van der Waals surface area (Å²) in [5.41, 5.74) is -0.225. The van der Waals surface area contributed by atoms with Gasteiger partial charge in [-0.2, -0.15) is 0 Å². The van der Waals surface area contributed by atoms with E-state index in [-0.39, 0.29) is 5.60 Å². The number of hydrogen-bond acceptors (Lipinski definition) is 5. The van der Waals surface area contributed by atoms with E-state index in [1.54, 1.807) is 7.11 Å². The molecule has 1 aliphatic heterocycles. The van der Waals surface area contributed by atoms with E-state index >= 15 is 0 Å². The van der Waals surface area contributed by atoms with E-state index in [2.05, 4.69) is 31.2 Å². The molecule has 0 aliphatic carbocycles. The van der Waals surface area contributed by atoms with Gasteiger partial charge in [0.25, 0.3) is 0 Å². The van der Waals surface area contributed by atoms with Gasteiger partial charge >= 0.3 is 0 Å². The molecule has 0 aromatic carbocycles. The summed E-state index contributed by atoms with van der Waals surface area (Å²) in [6, 6.07) is 1.83. The second-order valence-corrected chi connectivity index (χ2v) is 4.58. The molecule has 1 N–H and O–H groups in total. The van der Waals surface area contributed by atoms with Gasteiger partial charge in [0.2, 0.25) is 0 Å². The smallest absolute Gasteiger partial charge is 0.130 e. The SMILES string of the molecule is COC1(CNc2cc(Br)ncn2)CCOC1. The molecule has 0 saturated carbocycles. The predicted octanol–water partition coefficient (Wildman–Crippen LogP) is 1.46. The monoisotopic (exact) mass is 287 g/mol. The number of halogens is 1. The first-order valence-electron chi connectivity index (χ1n) is 5.08. The quantitative estimate of drug-likeness (QED) is 0.850. The minimum Gasteiger partial charge on any atom is -0.378 e. The molecule has 0 amide bonds. The first kappa shape index (κ1) is 11.8. The highest BCUT2D eigenvalue weighted by atomic mass is 79.9. The molecule has 6 heteroatoms. The van der Waals surface area contributed by atoms with Crippen LogP contribution in [0.3, 0.4) is 0 Å². The summed E-state index contributed by atoms with van der Waals surface area (Å²) in [5.74, 6) is 0.783. The number of ether oxygens (including phenoxy) is 2. The average Bonchev–Trinajstić information content (AvgIpc) is 2.76. The van der Waals surface area contributed by atoms with Gasteiger partial charge in [-0.25, -0.2) is 9.97 Å². The molecule has 1 fully saturated rings. The first-order valence-corrected chi connectivity index (χ1v) is 5.88. The molecule has 1 aliphatic rings. The molecule has 2 rings (SSSR count). The molecule has 0 spiro atoms. The molecular formula is C10H14BrN3O2. The van der Waals surface area contributed by atoms with Crippen molar-refractivity contribution in [3.05, 3.63) is 17.0 Å². The Morgan fingerprint density at radius 1 is 1.62 bits per heavy atom. The fourth-order valence-electron chi connectivity index (χ4n) is 1.64. The third-order valence-corrected chi connectivity index (χ3v) is 3.16. The lowest BCUT2D eigenvalue weighted by molar-refractivity contribution is -0.00625. The van der Waals surface area contributed by atoms with Crippen LogP contribution in [0.4, 0.5) is 5.82 Å². The standard InChI is InChI=1S/C10H14BrN3O2/c1-15-10(2-3-16-6-10)5-12-9-4-8(11)13-7-14-9/h4,7H,2-3,5-6H2,1H3,(H,12,13,14). The van der Waals surface area contributed by atoms with E-state index in [0.717, 1.165) is 23.4 Å². The molecule has 2 heterocycles. The van der Waals surface area contributed by atoms with Gasteiger partial charge in [-0.15, -0.1) is 0 Å².